The topological polar surface area (TPSA) is 64.0 Å². The monoisotopic (exact) mass is 271 g/mol. The van der Waals surface area contributed by atoms with Gasteiger partial charge in [0.2, 0.25) is 0 Å². The third-order valence-electron chi connectivity index (χ3n) is 3.28. The number of aromatic nitrogens is 4. The molecular formula is C14H17N5O. The van der Waals surface area contributed by atoms with Crippen molar-refractivity contribution < 1.29 is 4.74 Å². The summed E-state index contributed by atoms with van der Waals surface area (Å²) in [5.74, 6) is 0.894. The van der Waals surface area contributed by atoms with Crippen molar-refractivity contribution in [1.29, 1.82) is 0 Å². The van der Waals surface area contributed by atoms with E-state index in [0.29, 0.717) is 6.01 Å². The zero-order chi connectivity index (χ0) is 13.8. The van der Waals surface area contributed by atoms with Crippen molar-refractivity contribution in [2.24, 2.45) is 0 Å². The Morgan fingerprint density at radius 2 is 2.00 bits per heavy atom. The predicted molar refractivity (Wildman–Crippen MR) is 74.7 cm³/mol. The highest BCUT2D eigenvalue weighted by molar-refractivity contribution is 5.35. The maximum Gasteiger partial charge on any atom is 0.316 e. The summed E-state index contributed by atoms with van der Waals surface area (Å²) in [5, 5.41) is 0. The van der Waals surface area contributed by atoms with Crippen LogP contribution in [0, 0.1) is 6.92 Å². The maximum atomic E-state index is 5.85. The molecular weight excluding hydrogens is 254 g/mol. The van der Waals surface area contributed by atoms with Crippen LogP contribution in [0.2, 0.25) is 0 Å². The molecule has 0 bridgehead atoms. The van der Waals surface area contributed by atoms with E-state index in [0.717, 1.165) is 37.3 Å². The van der Waals surface area contributed by atoms with Crippen LogP contribution in [0.3, 0.4) is 0 Å². The molecule has 6 nitrogen and oxygen atoms in total. The molecule has 0 aliphatic carbocycles. The molecule has 1 aliphatic heterocycles. The average molecular weight is 271 g/mol. The standard InChI is InChI=1S/C14H17N5O/c1-11-7-17-14(18-8-11)20-12-3-2-6-19(10-12)13-9-15-4-5-16-13/h4-5,7-9,12H,2-3,6,10H2,1H3. The third-order valence-corrected chi connectivity index (χ3v) is 3.28. The first-order valence-electron chi connectivity index (χ1n) is 6.77. The fourth-order valence-electron chi connectivity index (χ4n) is 2.29. The van der Waals surface area contributed by atoms with Crippen LogP contribution in [-0.2, 0) is 0 Å². The number of hydrogen-bond acceptors (Lipinski definition) is 6. The van der Waals surface area contributed by atoms with Crippen LogP contribution in [-0.4, -0.2) is 39.1 Å². The first kappa shape index (κ1) is 12.8. The Balaban J connectivity index is 1.65. The van der Waals surface area contributed by atoms with E-state index in [-0.39, 0.29) is 6.10 Å². The first-order valence-corrected chi connectivity index (χ1v) is 6.77. The van der Waals surface area contributed by atoms with Crippen molar-refractivity contribution in [2.45, 2.75) is 25.9 Å². The highest BCUT2D eigenvalue weighted by Gasteiger charge is 2.23. The second-order valence-electron chi connectivity index (χ2n) is 4.93. The number of rotatable bonds is 3. The van der Waals surface area contributed by atoms with Gasteiger partial charge in [0, 0.05) is 31.3 Å². The lowest BCUT2D eigenvalue weighted by atomic mass is 10.1. The smallest absolute Gasteiger partial charge is 0.316 e. The maximum absolute atomic E-state index is 5.85. The minimum atomic E-state index is 0.0912. The lowest BCUT2D eigenvalue weighted by molar-refractivity contribution is 0.164. The van der Waals surface area contributed by atoms with E-state index in [4.69, 9.17) is 4.74 Å². The minimum absolute atomic E-state index is 0.0912. The molecule has 2 aromatic heterocycles. The van der Waals surface area contributed by atoms with Gasteiger partial charge in [-0.2, -0.15) is 0 Å². The molecule has 1 atom stereocenters. The van der Waals surface area contributed by atoms with Gasteiger partial charge >= 0.3 is 6.01 Å². The zero-order valence-corrected chi connectivity index (χ0v) is 11.4. The van der Waals surface area contributed by atoms with Gasteiger partial charge in [-0.3, -0.25) is 4.98 Å². The molecule has 0 saturated carbocycles. The molecule has 1 unspecified atom stereocenters. The van der Waals surface area contributed by atoms with E-state index in [1.165, 1.54) is 0 Å². The van der Waals surface area contributed by atoms with E-state index in [9.17, 15) is 0 Å². The number of aryl methyl sites for hydroxylation is 1. The SMILES string of the molecule is Cc1cnc(OC2CCCN(c3cnccn3)C2)nc1. The van der Waals surface area contributed by atoms with Crippen LogP contribution >= 0.6 is 0 Å². The Morgan fingerprint density at radius 1 is 1.15 bits per heavy atom. The highest BCUT2D eigenvalue weighted by Crippen LogP contribution is 2.19. The Hall–Kier alpha value is -2.24. The predicted octanol–water partition coefficient (Wildman–Crippen LogP) is 1.62. The summed E-state index contributed by atoms with van der Waals surface area (Å²) in [6, 6.07) is 0.446. The summed E-state index contributed by atoms with van der Waals surface area (Å²) >= 11 is 0. The van der Waals surface area contributed by atoms with Crippen molar-refractivity contribution in [1.82, 2.24) is 19.9 Å². The number of hydrogen-bond donors (Lipinski definition) is 0. The van der Waals surface area contributed by atoms with Crippen LogP contribution in [0.1, 0.15) is 18.4 Å². The zero-order valence-electron chi connectivity index (χ0n) is 11.4. The van der Waals surface area contributed by atoms with E-state index in [1.54, 1.807) is 31.0 Å². The van der Waals surface area contributed by atoms with Crippen molar-refractivity contribution in [3.63, 3.8) is 0 Å². The Kier molecular flexibility index (Phi) is 3.71. The molecule has 6 heteroatoms. The van der Waals surface area contributed by atoms with Gasteiger partial charge < -0.3 is 9.64 Å². The molecule has 0 radical (unpaired) electrons. The second kappa shape index (κ2) is 5.81. The summed E-state index contributed by atoms with van der Waals surface area (Å²) in [6.45, 7) is 3.73. The van der Waals surface area contributed by atoms with Crippen molar-refractivity contribution >= 4 is 5.82 Å². The van der Waals surface area contributed by atoms with Gasteiger partial charge in [-0.05, 0) is 25.3 Å². The lowest BCUT2D eigenvalue weighted by Gasteiger charge is -2.32. The van der Waals surface area contributed by atoms with Gasteiger partial charge in [-0.1, -0.05) is 0 Å². The van der Waals surface area contributed by atoms with Crippen molar-refractivity contribution in [3.05, 3.63) is 36.5 Å². The lowest BCUT2D eigenvalue weighted by Crippen LogP contribution is -2.41. The molecule has 0 spiro atoms. The molecule has 0 aromatic carbocycles. The Morgan fingerprint density at radius 3 is 2.75 bits per heavy atom. The molecule has 0 amide bonds. The van der Waals surface area contributed by atoms with Gasteiger partial charge in [-0.25, -0.2) is 15.0 Å². The van der Waals surface area contributed by atoms with Gasteiger partial charge in [-0.15, -0.1) is 0 Å². The quantitative estimate of drug-likeness (QED) is 0.845. The van der Waals surface area contributed by atoms with Crippen LogP contribution in [0.25, 0.3) is 0 Å². The number of nitrogens with zero attached hydrogens (tertiary/aromatic N) is 5. The van der Waals surface area contributed by atoms with Gasteiger partial charge in [0.05, 0.1) is 12.7 Å². The minimum Gasteiger partial charge on any atom is -0.458 e. The van der Waals surface area contributed by atoms with Crippen LogP contribution in [0.15, 0.2) is 31.0 Å². The molecule has 104 valence electrons. The van der Waals surface area contributed by atoms with E-state index in [1.807, 2.05) is 6.92 Å². The van der Waals surface area contributed by atoms with Crippen LogP contribution in [0.4, 0.5) is 5.82 Å². The molecule has 20 heavy (non-hydrogen) atoms. The van der Waals surface area contributed by atoms with E-state index in [2.05, 4.69) is 24.8 Å². The second-order valence-corrected chi connectivity index (χ2v) is 4.93. The first-order chi connectivity index (χ1) is 9.81. The average Bonchev–Trinajstić information content (AvgIpc) is 2.51. The third kappa shape index (κ3) is 3.01. The molecule has 3 heterocycles. The van der Waals surface area contributed by atoms with Crippen LogP contribution in [0.5, 0.6) is 6.01 Å². The number of anilines is 1. The molecule has 0 N–H and O–H groups in total. The summed E-state index contributed by atoms with van der Waals surface area (Å²) in [6.07, 6.45) is 10.9. The van der Waals surface area contributed by atoms with Gasteiger partial charge in [0.25, 0.3) is 0 Å². The summed E-state index contributed by atoms with van der Waals surface area (Å²) < 4.78 is 5.85. The Labute approximate surface area is 117 Å². The van der Waals surface area contributed by atoms with Crippen molar-refractivity contribution in [2.75, 3.05) is 18.0 Å². The summed E-state index contributed by atoms with van der Waals surface area (Å²) in [4.78, 5) is 19.0. The molecule has 1 saturated heterocycles. The number of piperidine rings is 1. The van der Waals surface area contributed by atoms with Crippen LogP contribution < -0.4 is 9.64 Å². The fraction of sp³-hybridized carbons (Fsp3) is 0.429. The van der Waals surface area contributed by atoms with Gasteiger partial charge in [0.15, 0.2) is 0 Å². The number of ether oxygens (including phenoxy) is 1. The largest absolute Gasteiger partial charge is 0.458 e. The van der Waals surface area contributed by atoms with E-state index < -0.39 is 0 Å². The van der Waals surface area contributed by atoms with Crippen molar-refractivity contribution in [3.8, 4) is 6.01 Å². The normalized spacial score (nSPS) is 18.9. The molecule has 2 aromatic rings. The van der Waals surface area contributed by atoms with E-state index >= 15 is 0 Å². The summed E-state index contributed by atoms with van der Waals surface area (Å²) in [5.41, 5.74) is 1.03. The molecule has 1 fully saturated rings. The van der Waals surface area contributed by atoms with Gasteiger partial charge in [0.1, 0.15) is 11.9 Å². The highest BCUT2D eigenvalue weighted by atomic mass is 16.5. The fourth-order valence-corrected chi connectivity index (χ4v) is 2.29. The summed E-state index contributed by atoms with van der Waals surface area (Å²) in [7, 11) is 0. The molecule has 3 rings (SSSR count). The molecule has 1 aliphatic rings. The Bertz CT molecular complexity index is 545.